The number of aromatic nitrogens is 2. The van der Waals surface area contributed by atoms with Gasteiger partial charge < -0.3 is 8.94 Å². The molecule has 160 valence electrons. The first-order chi connectivity index (χ1) is 14.7. The molecule has 0 saturated carbocycles. The Bertz CT molecular complexity index is 1280. The van der Waals surface area contributed by atoms with Crippen LogP contribution >= 0.6 is 0 Å². The molecule has 0 saturated heterocycles. The minimum atomic E-state index is -4.55. The van der Waals surface area contributed by atoms with E-state index in [1.54, 1.807) is 30.3 Å². The monoisotopic (exact) mass is 449 g/mol. The smallest absolute Gasteiger partial charge is 0.416 e. The fourth-order valence-electron chi connectivity index (χ4n) is 2.80. The Balaban J connectivity index is 1.56. The molecule has 1 N–H and O–H groups in total. The highest BCUT2D eigenvalue weighted by atomic mass is 32.2. The van der Waals surface area contributed by atoms with Gasteiger partial charge in [0, 0.05) is 0 Å². The van der Waals surface area contributed by atoms with E-state index in [1.165, 1.54) is 12.3 Å². The minimum Gasteiger partial charge on any atom is -0.461 e. The summed E-state index contributed by atoms with van der Waals surface area (Å²) in [6, 6.07) is 13.1. The van der Waals surface area contributed by atoms with Crippen LogP contribution in [0.1, 0.15) is 17.0 Å². The molecule has 4 aromatic rings. The van der Waals surface area contributed by atoms with Crippen molar-refractivity contribution in [3.63, 3.8) is 0 Å². The number of sulfonamides is 1. The molecule has 31 heavy (non-hydrogen) atoms. The van der Waals surface area contributed by atoms with Crippen molar-refractivity contribution < 1.29 is 30.5 Å². The van der Waals surface area contributed by atoms with Crippen LogP contribution in [-0.4, -0.2) is 18.6 Å². The van der Waals surface area contributed by atoms with Crippen molar-refractivity contribution in [3.05, 3.63) is 83.9 Å². The van der Waals surface area contributed by atoms with Crippen molar-refractivity contribution in [1.82, 2.24) is 10.1 Å². The molecular formula is C20H14F3N3O4S. The van der Waals surface area contributed by atoms with E-state index in [0.29, 0.717) is 11.3 Å². The Morgan fingerprint density at radius 2 is 1.71 bits per heavy atom. The van der Waals surface area contributed by atoms with Crippen LogP contribution in [0.5, 0.6) is 0 Å². The van der Waals surface area contributed by atoms with Crippen LogP contribution in [0.25, 0.3) is 11.6 Å². The first kappa shape index (κ1) is 20.7. The van der Waals surface area contributed by atoms with E-state index >= 15 is 0 Å². The average Bonchev–Trinajstić information content (AvgIpc) is 3.41. The van der Waals surface area contributed by atoms with E-state index in [1.807, 2.05) is 0 Å². The summed E-state index contributed by atoms with van der Waals surface area (Å²) in [5.74, 6) is 0.904. The molecule has 2 aromatic heterocycles. The molecule has 0 bridgehead atoms. The molecule has 7 nitrogen and oxygen atoms in total. The SMILES string of the molecule is O=S(=O)(Nc1ccccc1Cc1nc(-c2ccco2)no1)c1ccc(C(F)(F)F)cc1. The maximum atomic E-state index is 12.7. The Labute approximate surface area is 174 Å². The molecule has 0 atom stereocenters. The molecule has 0 spiro atoms. The zero-order valence-corrected chi connectivity index (χ0v) is 16.4. The molecular weight excluding hydrogens is 435 g/mol. The fraction of sp³-hybridized carbons (Fsp3) is 0.100. The second-order valence-corrected chi connectivity index (χ2v) is 8.13. The Morgan fingerprint density at radius 3 is 2.39 bits per heavy atom. The molecule has 0 amide bonds. The van der Waals surface area contributed by atoms with Gasteiger partial charge in [-0.3, -0.25) is 4.72 Å². The van der Waals surface area contributed by atoms with Crippen molar-refractivity contribution in [2.75, 3.05) is 4.72 Å². The van der Waals surface area contributed by atoms with E-state index in [9.17, 15) is 21.6 Å². The summed E-state index contributed by atoms with van der Waals surface area (Å²) in [5, 5.41) is 3.82. The molecule has 4 rings (SSSR count). The van der Waals surface area contributed by atoms with Crippen LogP contribution in [0.4, 0.5) is 18.9 Å². The highest BCUT2D eigenvalue weighted by molar-refractivity contribution is 7.92. The zero-order valence-electron chi connectivity index (χ0n) is 15.6. The number of para-hydroxylation sites is 1. The summed E-state index contributed by atoms with van der Waals surface area (Å²) in [7, 11) is -4.12. The number of benzene rings is 2. The van der Waals surface area contributed by atoms with Gasteiger partial charge in [-0.15, -0.1) is 0 Å². The number of anilines is 1. The van der Waals surface area contributed by atoms with Crippen molar-refractivity contribution in [1.29, 1.82) is 0 Å². The Hall–Kier alpha value is -3.60. The van der Waals surface area contributed by atoms with Gasteiger partial charge in [-0.1, -0.05) is 23.4 Å². The highest BCUT2D eigenvalue weighted by Gasteiger charge is 2.30. The molecule has 0 fully saturated rings. The fourth-order valence-corrected chi connectivity index (χ4v) is 3.90. The van der Waals surface area contributed by atoms with Gasteiger partial charge in [0.15, 0.2) is 5.76 Å². The van der Waals surface area contributed by atoms with Gasteiger partial charge in [-0.05, 0) is 48.0 Å². The number of hydrogen-bond donors (Lipinski definition) is 1. The van der Waals surface area contributed by atoms with Crippen molar-refractivity contribution in [3.8, 4) is 11.6 Å². The quantitative estimate of drug-likeness (QED) is 0.457. The lowest BCUT2D eigenvalue weighted by atomic mass is 10.1. The molecule has 0 aliphatic carbocycles. The van der Waals surface area contributed by atoms with Crippen LogP contribution in [0.3, 0.4) is 0 Å². The standard InChI is InChI=1S/C20H14F3N3O4S/c21-20(22,23)14-7-9-15(10-8-14)31(27,28)26-16-5-2-1-4-13(16)12-18-24-19(25-30-18)17-6-3-11-29-17/h1-11,26H,12H2. The molecule has 0 unspecified atom stereocenters. The van der Waals surface area contributed by atoms with E-state index < -0.39 is 21.8 Å². The van der Waals surface area contributed by atoms with Crippen LogP contribution in [-0.2, 0) is 22.6 Å². The van der Waals surface area contributed by atoms with Crippen LogP contribution in [0.2, 0.25) is 0 Å². The van der Waals surface area contributed by atoms with Crippen LogP contribution in [0.15, 0.2) is 80.8 Å². The summed E-state index contributed by atoms with van der Waals surface area (Å²) < 4.78 is 76.3. The molecule has 2 heterocycles. The third kappa shape index (κ3) is 4.61. The maximum Gasteiger partial charge on any atom is 0.416 e. The lowest BCUT2D eigenvalue weighted by Gasteiger charge is -2.12. The lowest BCUT2D eigenvalue weighted by molar-refractivity contribution is -0.137. The lowest BCUT2D eigenvalue weighted by Crippen LogP contribution is -2.15. The third-order valence-electron chi connectivity index (χ3n) is 4.30. The van der Waals surface area contributed by atoms with E-state index in [0.717, 1.165) is 24.3 Å². The second kappa shape index (κ2) is 7.91. The predicted molar refractivity (Wildman–Crippen MR) is 104 cm³/mol. The van der Waals surface area contributed by atoms with Gasteiger partial charge in [0.05, 0.1) is 28.8 Å². The van der Waals surface area contributed by atoms with Crippen molar-refractivity contribution >= 4 is 15.7 Å². The third-order valence-corrected chi connectivity index (χ3v) is 5.69. The van der Waals surface area contributed by atoms with Gasteiger partial charge in [-0.2, -0.15) is 18.2 Å². The largest absolute Gasteiger partial charge is 0.461 e. The van der Waals surface area contributed by atoms with E-state index in [4.69, 9.17) is 8.94 Å². The summed E-state index contributed by atoms with van der Waals surface area (Å²) in [4.78, 5) is 3.92. The molecule has 0 radical (unpaired) electrons. The van der Waals surface area contributed by atoms with Gasteiger partial charge >= 0.3 is 6.18 Å². The van der Waals surface area contributed by atoms with Gasteiger partial charge in [0.1, 0.15) is 0 Å². The molecule has 11 heteroatoms. The number of rotatable bonds is 6. The van der Waals surface area contributed by atoms with Crippen LogP contribution < -0.4 is 4.72 Å². The Kier molecular flexibility index (Phi) is 5.27. The molecule has 2 aromatic carbocycles. The first-order valence-corrected chi connectivity index (χ1v) is 10.4. The number of nitrogens with zero attached hydrogens (tertiary/aromatic N) is 2. The summed E-state index contributed by atoms with van der Waals surface area (Å²) >= 11 is 0. The predicted octanol–water partition coefficient (Wildman–Crippen LogP) is 4.74. The van der Waals surface area contributed by atoms with Gasteiger partial charge in [0.2, 0.25) is 11.7 Å². The number of alkyl halides is 3. The average molecular weight is 449 g/mol. The highest BCUT2D eigenvalue weighted by Crippen LogP contribution is 2.30. The molecule has 0 aliphatic rings. The van der Waals surface area contributed by atoms with E-state index in [-0.39, 0.29) is 28.7 Å². The normalized spacial score (nSPS) is 12.1. The topological polar surface area (TPSA) is 98.2 Å². The van der Waals surface area contributed by atoms with Gasteiger partial charge in [-0.25, -0.2) is 8.42 Å². The molecule has 0 aliphatic heterocycles. The maximum absolute atomic E-state index is 12.7. The van der Waals surface area contributed by atoms with Crippen LogP contribution in [0, 0.1) is 0 Å². The number of furan rings is 1. The number of halogens is 3. The summed E-state index contributed by atoms with van der Waals surface area (Å²) in [6.07, 6.45) is -2.96. The second-order valence-electron chi connectivity index (χ2n) is 6.45. The first-order valence-electron chi connectivity index (χ1n) is 8.87. The van der Waals surface area contributed by atoms with E-state index in [2.05, 4.69) is 14.9 Å². The van der Waals surface area contributed by atoms with Crippen molar-refractivity contribution in [2.45, 2.75) is 17.5 Å². The number of hydrogen-bond acceptors (Lipinski definition) is 6. The van der Waals surface area contributed by atoms with Crippen molar-refractivity contribution in [2.24, 2.45) is 0 Å². The summed E-state index contributed by atoms with van der Waals surface area (Å²) in [6.45, 7) is 0. The minimum absolute atomic E-state index is 0.124. The zero-order chi connectivity index (χ0) is 22.1. The number of nitrogens with one attached hydrogen (secondary N) is 1. The summed E-state index contributed by atoms with van der Waals surface area (Å²) in [5.41, 5.74) is -0.164. The Morgan fingerprint density at radius 1 is 0.968 bits per heavy atom. The van der Waals surface area contributed by atoms with Gasteiger partial charge in [0.25, 0.3) is 10.0 Å².